The predicted molar refractivity (Wildman–Crippen MR) is 63.7 cm³/mol. The third-order valence-corrected chi connectivity index (χ3v) is 3.60. The summed E-state index contributed by atoms with van der Waals surface area (Å²) in [6, 6.07) is 7.30. The number of aliphatic hydroxyl groups excluding tert-OH is 1. The lowest BCUT2D eigenvalue weighted by molar-refractivity contribution is 0.273. The molecule has 3 nitrogen and oxygen atoms in total. The van der Waals surface area contributed by atoms with Crippen LogP contribution in [0.2, 0.25) is 0 Å². The van der Waals surface area contributed by atoms with Crippen LogP contribution in [0, 0.1) is 0 Å². The summed E-state index contributed by atoms with van der Waals surface area (Å²) in [7, 11) is -3.07. The Kier molecular flexibility index (Phi) is 4.31. The van der Waals surface area contributed by atoms with Crippen LogP contribution in [-0.2, 0) is 9.84 Å². The maximum absolute atomic E-state index is 11.1. The molecular formula is C10H13BrO3S. The monoisotopic (exact) mass is 292 g/mol. The van der Waals surface area contributed by atoms with Crippen molar-refractivity contribution in [1.82, 2.24) is 0 Å². The number of hydrogen-bond acceptors (Lipinski definition) is 3. The van der Waals surface area contributed by atoms with Crippen molar-refractivity contribution in [2.45, 2.75) is 5.92 Å². The molecule has 84 valence electrons. The average Bonchev–Trinajstić information content (AvgIpc) is 2.14. The minimum atomic E-state index is -3.07. The Hall–Kier alpha value is -0.390. The summed E-state index contributed by atoms with van der Waals surface area (Å²) >= 11 is 3.30. The quantitative estimate of drug-likeness (QED) is 0.917. The van der Waals surface area contributed by atoms with Crippen molar-refractivity contribution < 1.29 is 13.5 Å². The summed E-state index contributed by atoms with van der Waals surface area (Å²) in [4.78, 5) is 0. The second-order valence-corrected chi connectivity index (χ2v) is 6.62. The van der Waals surface area contributed by atoms with E-state index in [1.165, 1.54) is 6.26 Å². The highest BCUT2D eigenvalue weighted by Gasteiger charge is 2.16. The van der Waals surface area contributed by atoms with Gasteiger partial charge in [-0.05, 0) is 17.7 Å². The van der Waals surface area contributed by atoms with Gasteiger partial charge in [-0.15, -0.1) is 0 Å². The third kappa shape index (κ3) is 4.32. The van der Waals surface area contributed by atoms with E-state index in [-0.39, 0.29) is 18.3 Å². The Labute approximate surface area is 98.2 Å². The topological polar surface area (TPSA) is 54.4 Å². The molecule has 0 spiro atoms. The summed E-state index contributed by atoms with van der Waals surface area (Å²) in [5, 5.41) is 9.14. The van der Waals surface area contributed by atoms with Gasteiger partial charge in [0.05, 0.1) is 12.4 Å². The molecule has 0 bridgehead atoms. The molecule has 0 aromatic heterocycles. The van der Waals surface area contributed by atoms with Crippen molar-refractivity contribution in [3.63, 3.8) is 0 Å². The zero-order valence-corrected chi connectivity index (χ0v) is 10.8. The predicted octanol–water partition coefficient (Wildman–Crippen LogP) is 1.57. The first-order valence-corrected chi connectivity index (χ1v) is 7.32. The van der Waals surface area contributed by atoms with Gasteiger partial charge in [0.25, 0.3) is 0 Å². The normalized spacial score (nSPS) is 13.8. The molecule has 0 amide bonds. The van der Waals surface area contributed by atoms with E-state index < -0.39 is 9.84 Å². The smallest absolute Gasteiger partial charge is 0.148 e. The Morgan fingerprint density at radius 2 is 1.87 bits per heavy atom. The van der Waals surface area contributed by atoms with E-state index in [1.807, 2.05) is 24.3 Å². The first-order chi connectivity index (χ1) is 6.92. The molecule has 0 aliphatic carbocycles. The molecule has 0 radical (unpaired) electrons. The van der Waals surface area contributed by atoms with Crippen molar-refractivity contribution in [1.29, 1.82) is 0 Å². The Morgan fingerprint density at radius 3 is 2.27 bits per heavy atom. The highest BCUT2D eigenvalue weighted by molar-refractivity contribution is 9.10. The van der Waals surface area contributed by atoms with Gasteiger partial charge >= 0.3 is 0 Å². The van der Waals surface area contributed by atoms with Crippen molar-refractivity contribution in [3.05, 3.63) is 34.3 Å². The first kappa shape index (κ1) is 12.7. The fourth-order valence-corrected chi connectivity index (χ4v) is 2.65. The van der Waals surface area contributed by atoms with E-state index in [4.69, 9.17) is 5.11 Å². The lowest BCUT2D eigenvalue weighted by Crippen LogP contribution is -2.16. The van der Waals surface area contributed by atoms with Gasteiger partial charge < -0.3 is 5.11 Å². The summed E-state index contributed by atoms with van der Waals surface area (Å²) in [6.45, 7) is -0.158. The van der Waals surface area contributed by atoms with E-state index in [9.17, 15) is 8.42 Å². The van der Waals surface area contributed by atoms with Gasteiger partial charge in [0.15, 0.2) is 0 Å². The number of rotatable bonds is 4. The molecule has 0 heterocycles. The van der Waals surface area contributed by atoms with Crippen LogP contribution in [0.4, 0.5) is 0 Å². The molecule has 0 aliphatic heterocycles. The van der Waals surface area contributed by atoms with Gasteiger partial charge in [-0.2, -0.15) is 0 Å². The molecular weight excluding hydrogens is 280 g/mol. The second kappa shape index (κ2) is 5.09. The van der Waals surface area contributed by atoms with E-state index >= 15 is 0 Å². The molecule has 1 aromatic rings. The summed E-state index contributed by atoms with van der Waals surface area (Å²) < 4.78 is 23.2. The molecule has 0 saturated carbocycles. The summed E-state index contributed by atoms with van der Waals surface area (Å²) in [5.41, 5.74) is 0.839. The largest absolute Gasteiger partial charge is 0.396 e. The number of sulfone groups is 1. The van der Waals surface area contributed by atoms with Crippen molar-refractivity contribution >= 4 is 25.8 Å². The molecule has 1 unspecified atom stereocenters. The number of halogens is 1. The highest BCUT2D eigenvalue weighted by Crippen LogP contribution is 2.19. The molecule has 1 rings (SSSR count). The third-order valence-electron chi connectivity index (χ3n) is 2.07. The van der Waals surface area contributed by atoms with E-state index in [2.05, 4.69) is 15.9 Å². The minimum absolute atomic E-state index is 0.0227. The molecule has 0 fully saturated rings. The van der Waals surface area contributed by atoms with Gasteiger partial charge in [-0.3, -0.25) is 0 Å². The van der Waals surface area contributed by atoms with Gasteiger partial charge in [0.1, 0.15) is 9.84 Å². The zero-order chi connectivity index (χ0) is 11.5. The molecule has 0 saturated heterocycles. The Bertz CT molecular complexity index is 411. The van der Waals surface area contributed by atoms with Crippen LogP contribution < -0.4 is 0 Å². The summed E-state index contributed by atoms with van der Waals surface area (Å²) in [5.74, 6) is -0.362. The minimum Gasteiger partial charge on any atom is -0.396 e. The van der Waals surface area contributed by atoms with Gasteiger partial charge in [0.2, 0.25) is 0 Å². The van der Waals surface area contributed by atoms with Crippen LogP contribution in [0.15, 0.2) is 28.7 Å². The fraction of sp³-hybridized carbons (Fsp3) is 0.400. The van der Waals surface area contributed by atoms with Gasteiger partial charge in [0, 0.05) is 16.6 Å². The van der Waals surface area contributed by atoms with Crippen LogP contribution in [-0.4, -0.2) is 32.1 Å². The van der Waals surface area contributed by atoms with E-state index in [0.29, 0.717) is 0 Å². The van der Waals surface area contributed by atoms with Crippen LogP contribution in [0.5, 0.6) is 0 Å². The number of benzene rings is 1. The lowest BCUT2D eigenvalue weighted by atomic mass is 10.0. The first-order valence-electron chi connectivity index (χ1n) is 4.46. The number of aliphatic hydroxyl groups is 1. The maximum Gasteiger partial charge on any atom is 0.148 e. The molecule has 1 N–H and O–H groups in total. The number of hydrogen-bond donors (Lipinski definition) is 1. The standard InChI is InChI=1S/C10H13BrO3S/c1-15(13,14)7-9(6-12)8-2-4-10(11)5-3-8/h2-5,9,12H,6-7H2,1H3. The van der Waals surface area contributed by atoms with Crippen LogP contribution in [0.3, 0.4) is 0 Å². The molecule has 1 atom stereocenters. The summed E-state index contributed by atoms with van der Waals surface area (Å²) in [6.07, 6.45) is 1.18. The van der Waals surface area contributed by atoms with Crippen LogP contribution in [0.25, 0.3) is 0 Å². The zero-order valence-electron chi connectivity index (χ0n) is 8.35. The Morgan fingerprint density at radius 1 is 1.33 bits per heavy atom. The maximum atomic E-state index is 11.1. The lowest BCUT2D eigenvalue weighted by Gasteiger charge is -2.13. The molecule has 0 aliphatic rings. The van der Waals surface area contributed by atoms with Crippen molar-refractivity contribution in [3.8, 4) is 0 Å². The van der Waals surface area contributed by atoms with Crippen molar-refractivity contribution in [2.24, 2.45) is 0 Å². The second-order valence-electron chi connectivity index (χ2n) is 3.52. The SMILES string of the molecule is CS(=O)(=O)CC(CO)c1ccc(Br)cc1. The fourth-order valence-electron chi connectivity index (χ4n) is 1.35. The highest BCUT2D eigenvalue weighted by atomic mass is 79.9. The van der Waals surface area contributed by atoms with Crippen LogP contribution in [0.1, 0.15) is 11.5 Å². The molecule has 5 heteroatoms. The molecule has 1 aromatic carbocycles. The van der Waals surface area contributed by atoms with E-state index in [1.54, 1.807) is 0 Å². The van der Waals surface area contributed by atoms with Gasteiger partial charge in [-0.1, -0.05) is 28.1 Å². The molecule has 15 heavy (non-hydrogen) atoms. The van der Waals surface area contributed by atoms with E-state index in [0.717, 1.165) is 10.0 Å². The Balaban J connectivity index is 2.88. The van der Waals surface area contributed by atoms with Crippen molar-refractivity contribution in [2.75, 3.05) is 18.6 Å². The van der Waals surface area contributed by atoms with Crippen LogP contribution >= 0.6 is 15.9 Å². The average molecular weight is 293 g/mol. The van der Waals surface area contributed by atoms with Gasteiger partial charge in [-0.25, -0.2) is 8.42 Å².